The van der Waals surface area contributed by atoms with Gasteiger partial charge < -0.3 is 25.6 Å². The van der Waals surface area contributed by atoms with E-state index < -0.39 is 52.5 Å². The zero-order valence-corrected chi connectivity index (χ0v) is 30.4. The number of carboxylic acid groups (broad SMARTS) is 2. The van der Waals surface area contributed by atoms with E-state index in [1.54, 1.807) is 22.8 Å². The van der Waals surface area contributed by atoms with Crippen LogP contribution >= 0.6 is 11.6 Å². The molecule has 0 saturated carbocycles. The SMILES string of the molecule is Cc1ccn(-c2cc(Cl)ccc2[C@@H](Oc2cc(N3CCC4(CC3)CC(C(C)(C)C)N(Cc3ccccc3)C4(C(=O)O)C(=O)O)nc(N)n2)C(F)(F)F)n1. The van der Waals surface area contributed by atoms with Crippen molar-refractivity contribution in [3.8, 4) is 11.6 Å². The van der Waals surface area contributed by atoms with Gasteiger partial charge >= 0.3 is 18.1 Å². The summed E-state index contributed by atoms with van der Waals surface area (Å²) in [6.45, 7) is 8.04. The molecule has 4 heterocycles. The summed E-state index contributed by atoms with van der Waals surface area (Å²) in [5.74, 6) is -3.50. The highest BCUT2D eigenvalue weighted by Crippen LogP contribution is 2.59. The number of carbonyl (C=O) groups is 2. The van der Waals surface area contributed by atoms with Gasteiger partial charge in [0.25, 0.3) is 0 Å². The van der Waals surface area contributed by atoms with Gasteiger partial charge in [-0.25, -0.2) is 14.3 Å². The second-order valence-electron chi connectivity index (χ2n) is 14.9. The number of aryl methyl sites for hydroxylation is 1. The van der Waals surface area contributed by atoms with Gasteiger partial charge in [0.1, 0.15) is 5.82 Å². The molecule has 4 aromatic rings. The number of hydrogen-bond acceptors (Lipinski definition) is 9. The number of likely N-dealkylation sites (tertiary alicyclic amines) is 1. The van der Waals surface area contributed by atoms with Crippen LogP contribution in [0.4, 0.5) is 24.9 Å². The number of nitrogens with zero attached hydrogens (tertiary/aromatic N) is 6. The number of benzene rings is 2. The number of alkyl halides is 3. The van der Waals surface area contributed by atoms with Crippen molar-refractivity contribution in [1.82, 2.24) is 24.6 Å². The van der Waals surface area contributed by atoms with Crippen LogP contribution in [0.3, 0.4) is 0 Å². The molecule has 4 N–H and O–H groups in total. The van der Waals surface area contributed by atoms with Crippen LogP contribution in [0.5, 0.6) is 5.88 Å². The molecule has 0 radical (unpaired) electrons. The minimum atomic E-state index is -4.91. The number of rotatable bonds is 9. The molecule has 282 valence electrons. The maximum atomic E-state index is 14.7. The molecule has 2 saturated heterocycles. The molecule has 16 heteroatoms. The molecule has 53 heavy (non-hydrogen) atoms. The minimum absolute atomic E-state index is 0.0586. The predicted octanol–water partition coefficient (Wildman–Crippen LogP) is 6.70. The predicted molar refractivity (Wildman–Crippen MR) is 191 cm³/mol. The Bertz CT molecular complexity index is 1980. The zero-order valence-electron chi connectivity index (χ0n) is 29.6. The van der Waals surface area contributed by atoms with E-state index in [2.05, 4.69) is 15.1 Å². The van der Waals surface area contributed by atoms with Gasteiger partial charge in [0.15, 0.2) is 0 Å². The van der Waals surface area contributed by atoms with E-state index in [9.17, 15) is 33.0 Å². The van der Waals surface area contributed by atoms with E-state index in [1.165, 1.54) is 35.1 Å². The van der Waals surface area contributed by atoms with Crippen LogP contribution < -0.4 is 15.4 Å². The molecule has 0 bridgehead atoms. The van der Waals surface area contributed by atoms with Crippen molar-refractivity contribution in [1.29, 1.82) is 0 Å². The lowest BCUT2D eigenvalue weighted by Gasteiger charge is -2.48. The van der Waals surface area contributed by atoms with E-state index >= 15 is 0 Å². The highest BCUT2D eigenvalue weighted by Gasteiger charge is 2.73. The van der Waals surface area contributed by atoms with E-state index in [0.29, 0.717) is 12.1 Å². The molecule has 1 unspecified atom stereocenters. The standard InChI is InChI=1S/C37H41ClF3N7O5/c1-22-12-15-48(45-22)26-18-24(38)10-11-25(26)30(37(39,40)41)53-29-19-28(43-33(42)44-29)46-16-13-35(14-17-46)20-27(34(2,3)4)47(21-23-8-6-5-7-9-23)36(35,31(49)50)32(51)52/h5-12,15,18-19,27,30H,13-14,16-17,20-21H2,1-4H3,(H,49,50)(H,51,52)(H2,42,43,44)/t27?,30-/m1/s1. The smallest absolute Gasteiger partial charge is 0.429 e. The number of aromatic nitrogens is 4. The number of anilines is 2. The third-order valence-corrected chi connectivity index (χ3v) is 10.7. The molecule has 0 aliphatic carbocycles. The molecule has 2 aromatic carbocycles. The third-order valence-electron chi connectivity index (χ3n) is 10.5. The maximum Gasteiger partial charge on any atom is 0.429 e. The molecular weight excluding hydrogens is 715 g/mol. The highest BCUT2D eigenvalue weighted by molar-refractivity contribution is 6.30. The summed E-state index contributed by atoms with van der Waals surface area (Å²) in [6, 6.07) is 15.6. The van der Waals surface area contributed by atoms with Crippen molar-refractivity contribution < 1.29 is 37.7 Å². The fraction of sp³-hybridized carbons (Fsp3) is 0.432. The first-order valence-corrected chi connectivity index (χ1v) is 17.5. The van der Waals surface area contributed by atoms with Gasteiger partial charge in [-0.2, -0.15) is 28.2 Å². The molecule has 2 atom stereocenters. The van der Waals surface area contributed by atoms with Crippen molar-refractivity contribution in [2.45, 2.75) is 77.4 Å². The van der Waals surface area contributed by atoms with Gasteiger partial charge in [0, 0.05) is 53.9 Å². The number of nitrogens with two attached hydrogens (primary N) is 1. The van der Waals surface area contributed by atoms with E-state index in [0.717, 1.165) is 5.56 Å². The maximum absolute atomic E-state index is 14.7. The molecule has 12 nitrogen and oxygen atoms in total. The number of nitrogen functional groups attached to an aromatic ring is 1. The van der Waals surface area contributed by atoms with Gasteiger partial charge in [-0.05, 0) is 55.4 Å². The summed E-state index contributed by atoms with van der Waals surface area (Å²) in [7, 11) is 0. The van der Waals surface area contributed by atoms with Gasteiger partial charge in [-0.1, -0.05) is 68.8 Å². The highest BCUT2D eigenvalue weighted by atomic mass is 35.5. The molecular formula is C37H41ClF3N7O5. The summed E-state index contributed by atoms with van der Waals surface area (Å²) in [5.41, 5.74) is 3.26. The lowest BCUT2D eigenvalue weighted by molar-refractivity contribution is -0.198. The van der Waals surface area contributed by atoms with Crippen LogP contribution in [0.2, 0.25) is 5.02 Å². The zero-order chi connectivity index (χ0) is 38.5. The number of aliphatic carboxylic acids is 2. The summed E-state index contributed by atoms with van der Waals surface area (Å²) in [5, 5.41) is 26.2. The van der Waals surface area contributed by atoms with Crippen molar-refractivity contribution in [3.63, 3.8) is 0 Å². The molecule has 2 aromatic heterocycles. The van der Waals surface area contributed by atoms with Crippen LogP contribution in [-0.2, 0) is 16.1 Å². The third kappa shape index (κ3) is 6.99. The lowest BCUT2D eigenvalue weighted by atomic mass is 9.63. The second kappa shape index (κ2) is 13.8. The Morgan fingerprint density at radius 1 is 1.02 bits per heavy atom. The Hall–Kier alpha value is -4.89. The Morgan fingerprint density at radius 3 is 2.25 bits per heavy atom. The second-order valence-corrected chi connectivity index (χ2v) is 15.3. The van der Waals surface area contributed by atoms with Crippen molar-refractivity contribution in [2.24, 2.45) is 10.8 Å². The fourth-order valence-corrected chi connectivity index (χ4v) is 8.20. The van der Waals surface area contributed by atoms with Gasteiger partial charge in [-0.3, -0.25) is 4.90 Å². The first kappa shape index (κ1) is 37.9. The van der Waals surface area contributed by atoms with Crippen LogP contribution in [0, 0.1) is 17.8 Å². The number of halogens is 4. The lowest BCUT2D eigenvalue weighted by Crippen LogP contribution is -2.67. The average Bonchev–Trinajstić information content (AvgIpc) is 3.63. The molecule has 0 amide bonds. The van der Waals surface area contributed by atoms with Gasteiger partial charge in [-0.15, -0.1) is 0 Å². The van der Waals surface area contributed by atoms with E-state index in [4.69, 9.17) is 22.1 Å². The van der Waals surface area contributed by atoms with Crippen LogP contribution in [0.1, 0.15) is 63.0 Å². The summed E-state index contributed by atoms with van der Waals surface area (Å²) >= 11 is 6.18. The number of ether oxygens (including phenoxy) is 1. The first-order valence-electron chi connectivity index (χ1n) is 17.1. The van der Waals surface area contributed by atoms with Crippen molar-refractivity contribution >= 4 is 35.3 Å². The molecule has 6 rings (SSSR count). The molecule has 2 fully saturated rings. The van der Waals surface area contributed by atoms with E-state index in [-0.39, 0.29) is 60.5 Å². The average molecular weight is 756 g/mol. The van der Waals surface area contributed by atoms with Gasteiger partial charge in [0.05, 0.1) is 11.4 Å². The molecule has 1 spiro atoms. The topological polar surface area (TPSA) is 160 Å². The minimum Gasteiger partial charge on any atom is -0.479 e. The number of hydrogen-bond donors (Lipinski definition) is 3. The van der Waals surface area contributed by atoms with Crippen molar-refractivity contribution in [2.75, 3.05) is 23.7 Å². The van der Waals surface area contributed by atoms with Crippen LogP contribution in [-0.4, -0.2) is 77.6 Å². The molecule has 2 aliphatic rings. The Morgan fingerprint density at radius 2 is 1.68 bits per heavy atom. The van der Waals surface area contributed by atoms with E-state index in [1.807, 2.05) is 51.1 Å². The Balaban J connectivity index is 1.32. The Kier molecular flexibility index (Phi) is 9.88. The largest absolute Gasteiger partial charge is 0.479 e. The summed E-state index contributed by atoms with van der Waals surface area (Å²) in [6.07, 6.45) is -5.29. The number of piperidine rings is 1. The number of carboxylic acids is 2. The summed E-state index contributed by atoms with van der Waals surface area (Å²) in [4.78, 5) is 38.4. The summed E-state index contributed by atoms with van der Waals surface area (Å²) < 4.78 is 51.1. The fourth-order valence-electron chi connectivity index (χ4n) is 8.04. The van der Waals surface area contributed by atoms with Gasteiger partial charge in [0.2, 0.25) is 23.5 Å². The Labute approximate surface area is 309 Å². The van der Waals surface area contributed by atoms with Crippen LogP contribution in [0.25, 0.3) is 5.69 Å². The molecule has 2 aliphatic heterocycles. The monoisotopic (exact) mass is 755 g/mol. The van der Waals surface area contributed by atoms with Crippen molar-refractivity contribution in [3.05, 3.63) is 88.7 Å². The normalized spacial score (nSPS) is 19.3. The van der Waals surface area contributed by atoms with Crippen LogP contribution in [0.15, 0.2) is 66.9 Å². The quantitative estimate of drug-likeness (QED) is 0.156. The first-order chi connectivity index (χ1) is 24.9.